The molecule has 0 unspecified atom stereocenters. The highest BCUT2D eigenvalue weighted by Crippen LogP contribution is 2.34. The molecule has 3 aromatic rings. The van der Waals surface area contributed by atoms with E-state index in [1.54, 1.807) is 10.7 Å². The minimum absolute atomic E-state index is 0.205. The van der Waals surface area contributed by atoms with Crippen molar-refractivity contribution >= 4 is 10.9 Å². The summed E-state index contributed by atoms with van der Waals surface area (Å²) < 4.78 is 53.8. The van der Waals surface area contributed by atoms with Crippen molar-refractivity contribution in [2.24, 2.45) is 0 Å². The number of rotatable bonds is 2. The smallest absolute Gasteiger partial charge is 0.317 e. The number of nitrogens with zero attached hydrogens (tertiary/aromatic N) is 2. The van der Waals surface area contributed by atoms with Gasteiger partial charge in [-0.3, -0.25) is 0 Å². The molecule has 1 fully saturated rings. The second kappa shape index (κ2) is 6.39. The summed E-state index contributed by atoms with van der Waals surface area (Å²) in [7, 11) is 0. The molecule has 1 N–H and O–H groups in total. The Morgan fingerprint density at radius 3 is 2.35 bits per heavy atom. The molecule has 2 aromatic carbocycles. The monoisotopic (exact) mass is 363 g/mol. The number of aromatic nitrogens is 2. The van der Waals surface area contributed by atoms with E-state index in [9.17, 15) is 17.6 Å². The standard InChI is InChI=1S/C19H17F4N3/c20-14-3-6-17-16(11-14)18(12-7-9-24-10-8-12)25-26(17)15-4-1-13(2-5-15)19(21,22)23/h1-6,11-12,24H,7-10H2. The zero-order valence-electron chi connectivity index (χ0n) is 13.9. The van der Waals surface area contributed by atoms with Crippen LogP contribution in [0.15, 0.2) is 42.5 Å². The molecule has 1 aliphatic heterocycles. The molecule has 0 amide bonds. The van der Waals surface area contributed by atoms with Crippen LogP contribution in [0.3, 0.4) is 0 Å². The van der Waals surface area contributed by atoms with E-state index in [4.69, 9.17) is 0 Å². The van der Waals surface area contributed by atoms with Crippen molar-refractivity contribution in [1.82, 2.24) is 15.1 Å². The molecule has 26 heavy (non-hydrogen) atoms. The molecule has 136 valence electrons. The van der Waals surface area contributed by atoms with Gasteiger partial charge in [0.2, 0.25) is 0 Å². The van der Waals surface area contributed by atoms with Crippen LogP contribution in [0, 0.1) is 5.82 Å². The number of alkyl halides is 3. The molecule has 0 saturated carbocycles. The lowest BCUT2D eigenvalue weighted by Crippen LogP contribution is -2.27. The number of hydrogen-bond donors (Lipinski definition) is 1. The predicted molar refractivity (Wildman–Crippen MR) is 90.9 cm³/mol. The van der Waals surface area contributed by atoms with Crippen LogP contribution in [0.4, 0.5) is 17.6 Å². The van der Waals surface area contributed by atoms with Crippen LogP contribution in [0.2, 0.25) is 0 Å². The van der Waals surface area contributed by atoms with Gasteiger partial charge in [0.1, 0.15) is 5.82 Å². The van der Waals surface area contributed by atoms with Crippen molar-refractivity contribution in [2.75, 3.05) is 13.1 Å². The molecule has 2 heterocycles. The van der Waals surface area contributed by atoms with Crippen LogP contribution >= 0.6 is 0 Å². The molecule has 0 aliphatic carbocycles. The molecule has 0 spiro atoms. The second-order valence-electron chi connectivity index (χ2n) is 6.53. The molecule has 0 bridgehead atoms. The van der Waals surface area contributed by atoms with E-state index >= 15 is 0 Å². The first-order chi connectivity index (χ1) is 12.4. The van der Waals surface area contributed by atoms with E-state index in [0.29, 0.717) is 11.2 Å². The Labute approximate surface area is 147 Å². The van der Waals surface area contributed by atoms with Crippen LogP contribution in [-0.4, -0.2) is 22.9 Å². The van der Waals surface area contributed by atoms with Crippen molar-refractivity contribution in [1.29, 1.82) is 0 Å². The first kappa shape index (κ1) is 17.0. The fraction of sp³-hybridized carbons (Fsp3) is 0.316. The first-order valence-corrected chi connectivity index (χ1v) is 8.50. The third-order valence-electron chi connectivity index (χ3n) is 4.84. The Morgan fingerprint density at radius 2 is 1.69 bits per heavy atom. The second-order valence-corrected chi connectivity index (χ2v) is 6.53. The van der Waals surface area contributed by atoms with Crippen molar-refractivity contribution < 1.29 is 17.6 Å². The van der Waals surface area contributed by atoms with Gasteiger partial charge in [-0.15, -0.1) is 0 Å². The summed E-state index contributed by atoms with van der Waals surface area (Å²) in [5.41, 5.74) is 1.32. The van der Waals surface area contributed by atoms with E-state index in [2.05, 4.69) is 10.4 Å². The van der Waals surface area contributed by atoms with Gasteiger partial charge in [-0.2, -0.15) is 18.3 Å². The quantitative estimate of drug-likeness (QED) is 0.672. The summed E-state index contributed by atoms with van der Waals surface area (Å²) in [6.45, 7) is 1.74. The molecule has 0 atom stereocenters. The highest BCUT2D eigenvalue weighted by Gasteiger charge is 2.30. The fourth-order valence-corrected chi connectivity index (χ4v) is 3.50. The lowest BCUT2D eigenvalue weighted by Gasteiger charge is -2.21. The van der Waals surface area contributed by atoms with Gasteiger partial charge in [-0.1, -0.05) is 0 Å². The van der Waals surface area contributed by atoms with E-state index in [-0.39, 0.29) is 11.7 Å². The number of fused-ring (bicyclic) bond motifs is 1. The number of benzene rings is 2. The maximum atomic E-state index is 13.8. The minimum Gasteiger partial charge on any atom is -0.317 e. The molecule has 3 nitrogen and oxygen atoms in total. The van der Waals surface area contributed by atoms with Crippen LogP contribution in [0.1, 0.15) is 30.0 Å². The predicted octanol–water partition coefficient (Wildman–Crippen LogP) is 4.65. The maximum absolute atomic E-state index is 13.8. The van der Waals surface area contributed by atoms with Gasteiger partial charge in [-0.25, -0.2) is 9.07 Å². The third kappa shape index (κ3) is 3.07. The molecular formula is C19H17F4N3. The number of piperidine rings is 1. The molecule has 1 saturated heterocycles. The van der Waals surface area contributed by atoms with Gasteiger partial charge < -0.3 is 5.32 Å². The summed E-state index contributed by atoms with van der Waals surface area (Å²) in [6.07, 6.45) is -2.58. The average Bonchev–Trinajstić information content (AvgIpc) is 3.00. The molecule has 7 heteroatoms. The number of nitrogens with one attached hydrogen (secondary N) is 1. The molecule has 1 aliphatic rings. The molecule has 4 rings (SSSR count). The Hall–Kier alpha value is -2.41. The third-order valence-corrected chi connectivity index (χ3v) is 4.84. The Kier molecular flexibility index (Phi) is 4.19. The zero-order chi connectivity index (χ0) is 18.3. The molecule has 0 radical (unpaired) electrons. The maximum Gasteiger partial charge on any atom is 0.416 e. The highest BCUT2D eigenvalue weighted by atomic mass is 19.4. The van der Waals surface area contributed by atoms with Gasteiger partial charge in [-0.05, 0) is 68.4 Å². The van der Waals surface area contributed by atoms with Gasteiger partial charge in [0.05, 0.1) is 22.5 Å². The van der Waals surface area contributed by atoms with Crippen LogP contribution < -0.4 is 5.32 Å². The van der Waals surface area contributed by atoms with Crippen LogP contribution in [-0.2, 0) is 6.18 Å². The van der Waals surface area contributed by atoms with Gasteiger partial charge in [0.25, 0.3) is 0 Å². The summed E-state index contributed by atoms with van der Waals surface area (Å²) in [6, 6.07) is 9.29. The normalized spacial score (nSPS) is 16.3. The zero-order valence-corrected chi connectivity index (χ0v) is 13.9. The largest absolute Gasteiger partial charge is 0.416 e. The highest BCUT2D eigenvalue weighted by molar-refractivity contribution is 5.84. The Balaban J connectivity index is 1.82. The van der Waals surface area contributed by atoms with E-state index in [1.165, 1.54) is 24.3 Å². The number of halogens is 4. The number of hydrogen-bond acceptors (Lipinski definition) is 2. The van der Waals surface area contributed by atoms with Gasteiger partial charge in [0, 0.05) is 11.3 Å². The van der Waals surface area contributed by atoms with Crippen LogP contribution in [0.25, 0.3) is 16.6 Å². The minimum atomic E-state index is -4.38. The summed E-state index contributed by atoms with van der Waals surface area (Å²) in [5, 5.41) is 8.66. The van der Waals surface area contributed by atoms with Crippen molar-refractivity contribution in [3.8, 4) is 5.69 Å². The van der Waals surface area contributed by atoms with Crippen molar-refractivity contribution in [3.63, 3.8) is 0 Å². The Morgan fingerprint density at radius 1 is 1.00 bits per heavy atom. The first-order valence-electron chi connectivity index (χ1n) is 8.50. The van der Waals surface area contributed by atoms with E-state index < -0.39 is 11.7 Å². The molecular weight excluding hydrogens is 346 g/mol. The lowest BCUT2D eigenvalue weighted by atomic mass is 9.92. The van der Waals surface area contributed by atoms with Gasteiger partial charge >= 0.3 is 6.18 Å². The average molecular weight is 363 g/mol. The SMILES string of the molecule is Fc1ccc2c(c1)c(C1CCNCC1)nn2-c1ccc(C(F)(F)F)cc1. The van der Waals surface area contributed by atoms with Crippen LogP contribution in [0.5, 0.6) is 0 Å². The van der Waals surface area contributed by atoms with Crippen molar-refractivity contribution in [2.45, 2.75) is 24.9 Å². The van der Waals surface area contributed by atoms with Crippen molar-refractivity contribution in [3.05, 3.63) is 59.5 Å². The van der Waals surface area contributed by atoms with E-state index in [0.717, 1.165) is 49.1 Å². The topological polar surface area (TPSA) is 29.9 Å². The summed E-state index contributed by atoms with van der Waals surface area (Å²) >= 11 is 0. The molecule has 1 aromatic heterocycles. The van der Waals surface area contributed by atoms with E-state index in [1.807, 2.05) is 0 Å². The van der Waals surface area contributed by atoms with Gasteiger partial charge in [0.15, 0.2) is 0 Å². The Bertz CT molecular complexity index is 922. The summed E-state index contributed by atoms with van der Waals surface area (Å²) in [5.74, 6) is -0.143. The fourth-order valence-electron chi connectivity index (χ4n) is 3.50. The lowest BCUT2D eigenvalue weighted by molar-refractivity contribution is -0.137. The summed E-state index contributed by atoms with van der Waals surface area (Å²) in [4.78, 5) is 0.